The van der Waals surface area contributed by atoms with E-state index in [0.29, 0.717) is 23.7 Å². The molecule has 0 amide bonds. The van der Waals surface area contributed by atoms with Gasteiger partial charge in [-0.25, -0.2) is 0 Å². The van der Waals surface area contributed by atoms with E-state index in [-0.39, 0.29) is 13.4 Å². The number of rotatable bonds is 3. The van der Waals surface area contributed by atoms with Crippen molar-refractivity contribution in [3.05, 3.63) is 47.9 Å². The van der Waals surface area contributed by atoms with Crippen molar-refractivity contribution < 1.29 is 14.6 Å². The maximum Gasteiger partial charge on any atom is 0.231 e. The molecule has 2 aromatic heterocycles. The minimum atomic E-state index is -0.112. The molecule has 0 atom stereocenters. The van der Waals surface area contributed by atoms with Crippen LogP contribution in [-0.2, 0) is 13.2 Å². The van der Waals surface area contributed by atoms with Gasteiger partial charge in [-0.05, 0) is 23.8 Å². The van der Waals surface area contributed by atoms with Crippen molar-refractivity contribution >= 4 is 10.9 Å². The lowest BCUT2D eigenvalue weighted by atomic mass is 10.2. The van der Waals surface area contributed by atoms with Crippen molar-refractivity contribution in [2.75, 3.05) is 6.79 Å². The first kappa shape index (κ1) is 12.2. The zero-order valence-corrected chi connectivity index (χ0v) is 11.2. The lowest BCUT2D eigenvalue weighted by Gasteiger charge is -2.04. The summed E-state index contributed by atoms with van der Waals surface area (Å²) in [7, 11) is 0. The molecule has 0 fully saturated rings. The molecular weight excluding hydrogens is 270 g/mol. The predicted octanol–water partition coefficient (Wildman–Crippen LogP) is 1.70. The molecule has 6 nitrogen and oxygen atoms in total. The average molecular weight is 283 g/mol. The number of hydrogen-bond acceptors (Lipinski definition) is 5. The van der Waals surface area contributed by atoms with Crippen molar-refractivity contribution in [3.63, 3.8) is 0 Å². The number of benzene rings is 1. The molecule has 1 aliphatic rings. The second kappa shape index (κ2) is 4.75. The van der Waals surface area contributed by atoms with E-state index in [9.17, 15) is 5.11 Å². The molecular formula is C15H13N3O3. The second-order valence-electron chi connectivity index (χ2n) is 4.84. The van der Waals surface area contributed by atoms with Crippen LogP contribution >= 0.6 is 0 Å². The number of pyridine rings is 1. The Morgan fingerprint density at radius 3 is 2.67 bits per heavy atom. The number of aromatic nitrogens is 3. The lowest BCUT2D eigenvalue weighted by molar-refractivity contribution is 0.174. The van der Waals surface area contributed by atoms with Gasteiger partial charge in [0.25, 0.3) is 0 Å². The number of fused-ring (bicyclic) bond motifs is 2. The first-order valence-electron chi connectivity index (χ1n) is 6.64. The summed E-state index contributed by atoms with van der Waals surface area (Å²) < 4.78 is 12.7. The molecule has 4 rings (SSSR count). The van der Waals surface area contributed by atoms with Gasteiger partial charge in [0.15, 0.2) is 11.5 Å². The molecule has 106 valence electrons. The van der Waals surface area contributed by atoms with Gasteiger partial charge in [0.2, 0.25) is 6.79 Å². The fourth-order valence-corrected chi connectivity index (χ4v) is 2.53. The Morgan fingerprint density at radius 2 is 1.90 bits per heavy atom. The predicted molar refractivity (Wildman–Crippen MR) is 75.1 cm³/mol. The normalized spacial score (nSPS) is 13.0. The van der Waals surface area contributed by atoms with Gasteiger partial charge in [-0.2, -0.15) is 5.10 Å². The molecule has 1 N–H and O–H groups in total. The number of nitrogens with zero attached hydrogens (tertiary/aromatic N) is 3. The third-order valence-electron chi connectivity index (χ3n) is 3.55. The molecule has 6 heteroatoms. The molecule has 0 spiro atoms. The van der Waals surface area contributed by atoms with Gasteiger partial charge in [0, 0.05) is 23.8 Å². The highest BCUT2D eigenvalue weighted by Crippen LogP contribution is 2.37. The average Bonchev–Trinajstić information content (AvgIpc) is 3.11. The molecule has 1 aromatic carbocycles. The van der Waals surface area contributed by atoms with Crippen LogP contribution in [-0.4, -0.2) is 26.7 Å². The standard InChI is InChI=1S/C15H13N3O3/c19-8-12-11-5-14-15(21-9-20-14)6-13(11)18(17-12)7-10-1-3-16-4-2-10/h1-6,19H,7-9H2. The van der Waals surface area contributed by atoms with Crippen molar-refractivity contribution in [3.8, 4) is 11.5 Å². The molecule has 0 saturated heterocycles. The zero-order valence-electron chi connectivity index (χ0n) is 11.2. The topological polar surface area (TPSA) is 69.4 Å². The fourth-order valence-electron chi connectivity index (χ4n) is 2.53. The Balaban J connectivity index is 1.85. The van der Waals surface area contributed by atoms with Gasteiger partial charge in [0.1, 0.15) is 0 Å². The van der Waals surface area contributed by atoms with Crippen molar-refractivity contribution in [1.29, 1.82) is 0 Å². The highest BCUT2D eigenvalue weighted by atomic mass is 16.7. The van der Waals surface area contributed by atoms with E-state index in [1.807, 2.05) is 28.9 Å². The van der Waals surface area contributed by atoms with Gasteiger partial charge in [-0.15, -0.1) is 0 Å². The maximum atomic E-state index is 9.51. The van der Waals surface area contributed by atoms with Crippen LogP contribution in [0.25, 0.3) is 10.9 Å². The minimum Gasteiger partial charge on any atom is -0.454 e. The Morgan fingerprint density at radius 1 is 1.14 bits per heavy atom. The Labute approximate surface area is 120 Å². The minimum absolute atomic E-state index is 0.112. The van der Waals surface area contributed by atoms with Crippen LogP contribution in [0.3, 0.4) is 0 Å². The summed E-state index contributed by atoms with van der Waals surface area (Å²) in [4.78, 5) is 4.01. The van der Waals surface area contributed by atoms with Crippen LogP contribution in [0.5, 0.6) is 11.5 Å². The maximum absolute atomic E-state index is 9.51. The van der Waals surface area contributed by atoms with Gasteiger partial charge in [0.05, 0.1) is 24.4 Å². The van der Waals surface area contributed by atoms with E-state index < -0.39 is 0 Å². The van der Waals surface area contributed by atoms with Gasteiger partial charge in [-0.3, -0.25) is 9.67 Å². The summed E-state index contributed by atoms with van der Waals surface area (Å²) >= 11 is 0. The quantitative estimate of drug-likeness (QED) is 0.792. The fraction of sp³-hybridized carbons (Fsp3) is 0.200. The highest BCUT2D eigenvalue weighted by molar-refractivity contribution is 5.86. The molecule has 3 aromatic rings. The summed E-state index contributed by atoms with van der Waals surface area (Å²) in [5, 5.41) is 14.9. The van der Waals surface area contributed by atoms with Crippen molar-refractivity contribution in [2.45, 2.75) is 13.2 Å². The van der Waals surface area contributed by atoms with Crippen molar-refractivity contribution in [1.82, 2.24) is 14.8 Å². The molecule has 3 heterocycles. The largest absolute Gasteiger partial charge is 0.454 e. The van der Waals surface area contributed by atoms with Crippen LogP contribution in [0.15, 0.2) is 36.7 Å². The molecule has 0 bridgehead atoms. The highest BCUT2D eigenvalue weighted by Gasteiger charge is 2.19. The molecule has 0 radical (unpaired) electrons. The van der Waals surface area contributed by atoms with Crippen LogP contribution in [0, 0.1) is 0 Å². The van der Waals surface area contributed by atoms with E-state index in [1.165, 1.54) is 0 Å². The summed E-state index contributed by atoms with van der Waals surface area (Å²) in [6.07, 6.45) is 3.51. The molecule has 1 aliphatic heterocycles. The smallest absolute Gasteiger partial charge is 0.231 e. The monoisotopic (exact) mass is 283 g/mol. The van der Waals surface area contributed by atoms with Crippen LogP contribution < -0.4 is 9.47 Å². The Kier molecular flexibility index (Phi) is 2.75. The van der Waals surface area contributed by atoms with E-state index in [1.54, 1.807) is 12.4 Å². The lowest BCUT2D eigenvalue weighted by Crippen LogP contribution is -2.02. The number of aliphatic hydroxyl groups is 1. The summed E-state index contributed by atoms with van der Waals surface area (Å²) in [5.74, 6) is 1.41. The summed E-state index contributed by atoms with van der Waals surface area (Å²) in [6, 6.07) is 7.67. The van der Waals surface area contributed by atoms with Gasteiger partial charge in [-0.1, -0.05) is 0 Å². The molecule has 0 aliphatic carbocycles. The van der Waals surface area contributed by atoms with E-state index >= 15 is 0 Å². The Hall–Kier alpha value is -2.60. The number of ether oxygens (including phenoxy) is 2. The van der Waals surface area contributed by atoms with E-state index in [4.69, 9.17) is 9.47 Å². The Bertz CT molecular complexity index is 799. The third-order valence-corrected chi connectivity index (χ3v) is 3.55. The number of hydrogen-bond donors (Lipinski definition) is 1. The first-order valence-corrected chi connectivity index (χ1v) is 6.64. The van der Waals surface area contributed by atoms with Crippen LogP contribution in [0.1, 0.15) is 11.3 Å². The second-order valence-corrected chi connectivity index (χ2v) is 4.84. The van der Waals surface area contributed by atoms with Gasteiger partial charge < -0.3 is 14.6 Å². The first-order chi connectivity index (χ1) is 10.3. The SMILES string of the molecule is OCc1nn(Cc2ccncc2)c2cc3c(cc12)OCO3. The van der Waals surface area contributed by atoms with E-state index in [0.717, 1.165) is 16.5 Å². The van der Waals surface area contributed by atoms with Crippen LogP contribution in [0.2, 0.25) is 0 Å². The third kappa shape index (κ3) is 2.00. The summed E-state index contributed by atoms with van der Waals surface area (Å²) in [5.41, 5.74) is 2.65. The molecule has 0 unspecified atom stereocenters. The van der Waals surface area contributed by atoms with E-state index in [2.05, 4.69) is 10.1 Å². The summed E-state index contributed by atoms with van der Waals surface area (Å²) in [6.45, 7) is 0.729. The van der Waals surface area contributed by atoms with Crippen molar-refractivity contribution in [2.24, 2.45) is 0 Å². The zero-order chi connectivity index (χ0) is 14.2. The molecule has 21 heavy (non-hydrogen) atoms. The van der Waals surface area contributed by atoms with Crippen LogP contribution in [0.4, 0.5) is 0 Å². The molecule has 0 saturated carbocycles. The van der Waals surface area contributed by atoms with Gasteiger partial charge >= 0.3 is 0 Å². The number of aliphatic hydroxyl groups excluding tert-OH is 1.